The predicted octanol–water partition coefficient (Wildman–Crippen LogP) is 1.73. The highest BCUT2D eigenvalue weighted by atomic mass is 14.9. The van der Waals surface area contributed by atoms with E-state index in [1.54, 1.807) is 0 Å². The van der Waals surface area contributed by atoms with Crippen molar-refractivity contribution in [3.63, 3.8) is 0 Å². The lowest BCUT2D eigenvalue weighted by Crippen LogP contribution is -2.34. The second-order valence-electron chi connectivity index (χ2n) is 4.18. The maximum Gasteiger partial charge on any atom is 0.107 e. The Morgan fingerprint density at radius 1 is 1.57 bits per heavy atom. The summed E-state index contributed by atoms with van der Waals surface area (Å²) in [5.41, 5.74) is 0. The molecule has 1 atom stereocenters. The Morgan fingerprint density at radius 3 is 2.93 bits per heavy atom. The van der Waals surface area contributed by atoms with E-state index in [0.29, 0.717) is 6.04 Å². The van der Waals surface area contributed by atoms with Gasteiger partial charge >= 0.3 is 0 Å². The molecule has 0 saturated heterocycles. The lowest BCUT2D eigenvalue weighted by atomic mass is 9.95. The molecule has 78 valence electrons. The van der Waals surface area contributed by atoms with Gasteiger partial charge in [-0.3, -0.25) is 0 Å². The molecule has 3 nitrogen and oxygen atoms in total. The molecular weight excluding hydrogens is 174 g/mol. The molecule has 1 heterocycles. The van der Waals surface area contributed by atoms with Gasteiger partial charge in [-0.2, -0.15) is 0 Å². The van der Waals surface area contributed by atoms with Gasteiger partial charge in [-0.05, 0) is 25.8 Å². The van der Waals surface area contributed by atoms with Crippen molar-refractivity contribution in [2.24, 2.45) is 5.92 Å². The van der Waals surface area contributed by atoms with E-state index in [4.69, 9.17) is 0 Å². The Morgan fingerprint density at radius 2 is 2.36 bits per heavy atom. The van der Waals surface area contributed by atoms with Gasteiger partial charge in [0.15, 0.2) is 0 Å². The van der Waals surface area contributed by atoms with Crippen LogP contribution in [0.15, 0.2) is 12.4 Å². The minimum atomic E-state index is 0.601. The molecule has 1 aliphatic rings. The van der Waals surface area contributed by atoms with E-state index >= 15 is 0 Å². The number of imidazole rings is 1. The van der Waals surface area contributed by atoms with Crippen LogP contribution in [0.4, 0.5) is 0 Å². The van der Waals surface area contributed by atoms with E-state index in [2.05, 4.69) is 22.3 Å². The van der Waals surface area contributed by atoms with Crippen LogP contribution in [-0.2, 0) is 6.42 Å². The van der Waals surface area contributed by atoms with Crippen LogP contribution >= 0.6 is 0 Å². The molecule has 2 N–H and O–H groups in total. The number of H-pyrrole nitrogens is 1. The molecule has 0 aliphatic heterocycles. The maximum atomic E-state index is 4.28. The number of aromatic amines is 1. The second-order valence-corrected chi connectivity index (χ2v) is 4.18. The molecule has 1 aliphatic carbocycles. The van der Waals surface area contributed by atoms with Gasteiger partial charge in [-0.1, -0.05) is 12.8 Å². The molecule has 1 aromatic rings. The summed E-state index contributed by atoms with van der Waals surface area (Å²) in [6, 6.07) is 0.601. The molecule has 3 heteroatoms. The summed E-state index contributed by atoms with van der Waals surface area (Å²) < 4.78 is 0. The number of hydrogen-bond donors (Lipinski definition) is 2. The molecule has 2 rings (SSSR count). The lowest BCUT2D eigenvalue weighted by molar-refractivity contribution is 0.372. The largest absolute Gasteiger partial charge is 0.349 e. The third-order valence-corrected chi connectivity index (χ3v) is 3.31. The van der Waals surface area contributed by atoms with Crippen LogP contribution in [0.1, 0.15) is 31.5 Å². The average molecular weight is 193 g/mol. The van der Waals surface area contributed by atoms with Gasteiger partial charge in [0.1, 0.15) is 5.82 Å². The zero-order valence-electron chi connectivity index (χ0n) is 8.79. The Hall–Kier alpha value is -0.830. The molecule has 1 fully saturated rings. The smallest absolute Gasteiger partial charge is 0.107 e. The number of nitrogens with one attached hydrogen (secondary N) is 2. The molecule has 0 amide bonds. The number of rotatable bonds is 4. The van der Waals surface area contributed by atoms with Crippen LogP contribution < -0.4 is 5.32 Å². The Labute approximate surface area is 85.3 Å². The molecule has 0 radical (unpaired) electrons. The van der Waals surface area contributed by atoms with Crippen molar-refractivity contribution >= 4 is 0 Å². The SMILES string of the molecule is CNC(Cc1ncc[nH]1)C1CCCC1. The Balaban J connectivity index is 1.92. The van der Waals surface area contributed by atoms with Gasteiger partial charge in [0.25, 0.3) is 0 Å². The number of nitrogens with zero attached hydrogens (tertiary/aromatic N) is 1. The van der Waals surface area contributed by atoms with E-state index in [0.717, 1.165) is 18.2 Å². The topological polar surface area (TPSA) is 40.7 Å². The summed E-state index contributed by atoms with van der Waals surface area (Å²) in [4.78, 5) is 7.45. The summed E-state index contributed by atoms with van der Waals surface area (Å²) in [5, 5.41) is 3.42. The summed E-state index contributed by atoms with van der Waals surface area (Å²) in [6.45, 7) is 0. The van der Waals surface area contributed by atoms with Crippen molar-refractivity contribution in [2.45, 2.75) is 38.1 Å². The van der Waals surface area contributed by atoms with Crippen LogP contribution in [0.25, 0.3) is 0 Å². The van der Waals surface area contributed by atoms with Crippen molar-refractivity contribution in [3.8, 4) is 0 Å². The zero-order chi connectivity index (χ0) is 9.80. The minimum Gasteiger partial charge on any atom is -0.349 e. The first kappa shape index (κ1) is 9.71. The highest BCUT2D eigenvalue weighted by molar-refractivity contribution is 4.93. The van der Waals surface area contributed by atoms with Gasteiger partial charge < -0.3 is 10.3 Å². The quantitative estimate of drug-likeness (QED) is 0.764. The molecule has 14 heavy (non-hydrogen) atoms. The fraction of sp³-hybridized carbons (Fsp3) is 0.727. The van der Waals surface area contributed by atoms with Crippen molar-refractivity contribution in [1.29, 1.82) is 0 Å². The zero-order valence-corrected chi connectivity index (χ0v) is 8.79. The van der Waals surface area contributed by atoms with Crippen LogP contribution in [-0.4, -0.2) is 23.1 Å². The summed E-state index contributed by atoms with van der Waals surface area (Å²) in [5.74, 6) is 1.96. The first-order chi connectivity index (χ1) is 6.90. The molecule has 1 saturated carbocycles. The minimum absolute atomic E-state index is 0.601. The second kappa shape index (κ2) is 4.60. The van der Waals surface area contributed by atoms with Gasteiger partial charge in [0.2, 0.25) is 0 Å². The summed E-state index contributed by atoms with van der Waals surface area (Å²) in [7, 11) is 2.06. The monoisotopic (exact) mass is 193 g/mol. The Kier molecular flexibility index (Phi) is 3.19. The van der Waals surface area contributed by atoms with Crippen LogP contribution in [0.2, 0.25) is 0 Å². The average Bonchev–Trinajstić information content (AvgIpc) is 2.86. The van der Waals surface area contributed by atoms with E-state index in [1.165, 1.54) is 25.7 Å². The highest BCUT2D eigenvalue weighted by Crippen LogP contribution is 2.28. The molecule has 0 bridgehead atoms. The fourth-order valence-electron chi connectivity index (χ4n) is 2.48. The van der Waals surface area contributed by atoms with Crippen molar-refractivity contribution in [2.75, 3.05) is 7.05 Å². The standard InChI is InChI=1S/C11H19N3/c1-12-10(9-4-2-3-5-9)8-11-13-6-7-14-11/h6-7,9-10,12H,2-5,8H2,1H3,(H,13,14). The van der Waals surface area contributed by atoms with Crippen LogP contribution in [0, 0.1) is 5.92 Å². The van der Waals surface area contributed by atoms with Crippen LogP contribution in [0.3, 0.4) is 0 Å². The number of hydrogen-bond acceptors (Lipinski definition) is 2. The third kappa shape index (κ3) is 2.15. The van der Waals surface area contributed by atoms with E-state index in [1.807, 2.05) is 12.4 Å². The molecular formula is C11H19N3. The predicted molar refractivity (Wildman–Crippen MR) is 57.1 cm³/mol. The lowest BCUT2D eigenvalue weighted by Gasteiger charge is -2.21. The number of aromatic nitrogens is 2. The van der Waals surface area contributed by atoms with Gasteiger partial charge in [0.05, 0.1) is 0 Å². The van der Waals surface area contributed by atoms with Crippen molar-refractivity contribution < 1.29 is 0 Å². The normalized spacial score (nSPS) is 20.1. The van der Waals surface area contributed by atoms with Crippen LogP contribution in [0.5, 0.6) is 0 Å². The maximum absolute atomic E-state index is 4.28. The van der Waals surface area contributed by atoms with E-state index < -0.39 is 0 Å². The van der Waals surface area contributed by atoms with Crippen molar-refractivity contribution in [1.82, 2.24) is 15.3 Å². The molecule has 0 aromatic carbocycles. The first-order valence-corrected chi connectivity index (χ1v) is 5.55. The highest BCUT2D eigenvalue weighted by Gasteiger charge is 2.24. The number of likely N-dealkylation sites (N-methyl/N-ethyl adjacent to an activating group) is 1. The summed E-state index contributed by atoms with van der Waals surface area (Å²) >= 11 is 0. The third-order valence-electron chi connectivity index (χ3n) is 3.31. The molecule has 1 unspecified atom stereocenters. The van der Waals surface area contributed by atoms with Gasteiger partial charge in [0, 0.05) is 24.9 Å². The van der Waals surface area contributed by atoms with Gasteiger partial charge in [-0.25, -0.2) is 4.98 Å². The molecule has 0 spiro atoms. The van der Waals surface area contributed by atoms with Crippen molar-refractivity contribution in [3.05, 3.63) is 18.2 Å². The van der Waals surface area contributed by atoms with E-state index in [9.17, 15) is 0 Å². The van der Waals surface area contributed by atoms with Gasteiger partial charge in [-0.15, -0.1) is 0 Å². The summed E-state index contributed by atoms with van der Waals surface area (Å²) in [6.07, 6.45) is 10.3. The molecule has 1 aromatic heterocycles. The first-order valence-electron chi connectivity index (χ1n) is 5.55. The van der Waals surface area contributed by atoms with E-state index in [-0.39, 0.29) is 0 Å². The fourth-order valence-corrected chi connectivity index (χ4v) is 2.48. The Bertz CT molecular complexity index is 250.